The van der Waals surface area contributed by atoms with Crippen molar-refractivity contribution in [2.75, 3.05) is 13.1 Å². The highest BCUT2D eigenvalue weighted by molar-refractivity contribution is 5.73. The fraction of sp³-hybridized carbons (Fsp3) is 0.909. The molecule has 4 nitrogen and oxygen atoms in total. The van der Waals surface area contributed by atoms with E-state index in [1.807, 2.05) is 20.8 Å². The SMILES string of the molecule is CCN(CC(C)(C)O)C(C(=O)O)C(C)C. The van der Waals surface area contributed by atoms with Crippen molar-refractivity contribution in [3.63, 3.8) is 0 Å². The number of carboxylic acids is 1. The fourth-order valence-electron chi connectivity index (χ4n) is 1.77. The zero-order valence-corrected chi connectivity index (χ0v) is 10.3. The average Bonchev–Trinajstić information content (AvgIpc) is 1.98. The Labute approximate surface area is 91.9 Å². The molecule has 0 aliphatic heterocycles. The van der Waals surface area contributed by atoms with E-state index in [2.05, 4.69) is 0 Å². The minimum atomic E-state index is -0.863. The van der Waals surface area contributed by atoms with Gasteiger partial charge in [0.15, 0.2) is 0 Å². The maximum atomic E-state index is 11.1. The zero-order valence-electron chi connectivity index (χ0n) is 10.3. The molecule has 1 unspecified atom stereocenters. The largest absolute Gasteiger partial charge is 0.480 e. The first-order valence-corrected chi connectivity index (χ1v) is 5.38. The molecule has 0 aliphatic rings. The van der Waals surface area contributed by atoms with Crippen LogP contribution in [0.4, 0.5) is 0 Å². The molecule has 0 heterocycles. The van der Waals surface area contributed by atoms with Gasteiger partial charge < -0.3 is 10.2 Å². The van der Waals surface area contributed by atoms with Crippen LogP contribution < -0.4 is 0 Å². The lowest BCUT2D eigenvalue weighted by Crippen LogP contribution is -2.50. The van der Waals surface area contributed by atoms with Crippen molar-refractivity contribution in [1.82, 2.24) is 4.90 Å². The quantitative estimate of drug-likeness (QED) is 0.701. The Bertz CT molecular complexity index is 208. The standard InChI is InChI=1S/C11H23NO3/c1-6-12(7-11(4,5)15)9(8(2)3)10(13)14/h8-9,15H,6-7H2,1-5H3,(H,13,14). The average molecular weight is 217 g/mol. The summed E-state index contributed by atoms with van der Waals surface area (Å²) in [6.45, 7) is 10.0. The number of likely N-dealkylation sites (N-methyl/N-ethyl adjacent to an activating group) is 1. The van der Waals surface area contributed by atoms with Gasteiger partial charge in [0, 0.05) is 6.54 Å². The van der Waals surface area contributed by atoms with E-state index >= 15 is 0 Å². The topological polar surface area (TPSA) is 60.8 Å². The van der Waals surface area contributed by atoms with Gasteiger partial charge in [-0.2, -0.15) is 0 Å². The Balaban J connectivity index is 4.68. The molecule has 0 amide bonds. The molecule has 0 aliphatic carbocycles. The molecular formula is C11H23NO3. The van der Waals surface area contributed by atoms with Crippen LogP contribution in [0.15, 0.2) is 0 Å². The molecule has 0 saturated heterocycles. The predicted molar refractivity (Wildman–Crippen MR) is 59.8 cm³/mol. The van der Waals surface area contributed by atoms with Crippen LogP contribution >= 0.6 is 0 Å². The molecule has 0 bridgehead atoms. The van der Waals surface area contributed by atoms with Crippen molar-refractivity contribution < 1.29 is 15.0 Å². The lowest BCUT2D eigenvalue weighted by atomic mass is 10.00. The first-order valence-electron chi connectivity index (χ1n) is 5.38. The molecule has 0 radical (unpaired) electrons. The third kappa shape index (κ3) is 5.14. The lowest BCUT2D eigenvalue weighted by Gasteiger charge is -2.34. The Morgan fingerprint density at radius 1 is 1.40 bits per heavy atom. The first kappa shape index (κ1) is 14.4. The molecule has 2 N–H and O–H groups in total. The highest BCUT2D eigenvalue weighted by Gasteiger charge is 2.30. The molecule has 90 valence electrons. The lowest BCUT2D eigenvalue weighted by molar-refractivity contribution is -0.146. The van der Waals surface area contributed by atoms with E-state index in [0.29, 0.717) is 13.1 Å². The molecular weight excluding hydrogens is 194 g/mol. The van der Waals surface area contributed by atoms with Crippen LogP contribution in [0.2, 0.25) is 0 Å². The predicted octanol–water partition coefficient (Wildman–Crippen LogP) is 1.19. The molecule has 0 saturated carbocycles. The van der Waals surface area contributed by atoms with Gasteiger partial charge in [-0.1, -0.05) is 20.8 Å². The van der Waals surface area contributed by atoms with E-state index in [9.17, 15) is 9.90 Å². The molecule has 0 aromatic carbocycles. The number of aliphatic hydroxyl groups is 1. The number of carboxylic acid groups (broad SMARTS) is 1. The van der Waals surface area contributed by atoms with Gasteiger partial charge >= 0.3 is 5.97 Å². The van der Waals surface area contributed by atoms with Crippen molar-refractivity contribution >= 4 is 5.97 Å². The minimum Gasteiger partial charge on any atom is -0.480 e. The highest BCUT2D eigenvalue weighted by atomic mass is 16.4. The third-order valence-electron chi connectivity index (χ3n) is 2.27. The number of hydrogen-bond donors (Lipinski definition) is 2. The smallest absolute Gasteiger partial charge is 0.321 e. The maximum absolute atomic E-state index is 11.1. The summed E-state index contributed by atoms with van der Waals surface area (Å²) in [7, 11) is 0. The van der Waals surface area contributed by atoms with Crippen molar-refractivity contribution in [3.8, 4) is 0 Å². The van der Waals surface area contributed by atoms with E-state index in [0.717, 1.165) is 0 Å². The summed E-state index contributed by atoms with van der Waals surface area (Å²) < 4.78 is 0. The van der Waals surface area contributed by atoms with Gasteiger partial charge in [-0.05, 0) is 26.3 Å². The van der Waals surface area contributed by atoms with Gasteiger partial charge in [0.1, 0.15) is 6.04 Å². The third-order valence-corrected chi connectivity index (χ3v) is 2.27. The summed E-state index contributed by atoms with van der Waals surface area (Å²) in [5, 5.41) is 18.8. The van der Waals surface area contributed by atoms with Crippen LogP contribution in [0.3, 0.4) is 0 Å². The molecule has 1 atom stereocenters. The van der Waals surface area contributed by atoms with Gasteiger partial charge in [-0.15, -0.1) is 0 Å². The zero-order chi connectivity index (χ0) is 12.2. The van der Waals surface area contributed by atoms with Gasteiger partial charge in [0.25, 0.3) is 0 Å². The number of hydrogen-bond acceptors (Lipinski definition) is 3. The molecule has 4 heteroatoms. The summed E-state index contributed by atoms with van der Waals surface area (Å²) in [6.07, 6.45) is 0. The van der Waals surface area contributed by atoms with Crippen LogP contribution in [-0.2, 0) is 4.79 Å². The van der Waals surface area contributed by atoms with Gasteiger partial charge in [-0.25, -0.2) is 0 Å². The number of nitrogens with zero attached hydrogens (tertiary/aromatic N) is 1. The second kappa shape index (κ2) is 5.47. The normalized spacial score (nSPS) is 14.7. The Kier molecular flexibility index (Phi) is 5.24. The summed E-state index contributed by atoms with van der Waals surface area (Å²) in [4.78, 5) is 12.9. The summed E-state index contributed by atoms with van der Waals surface area (Å²) in [5.41, 5.74) is -0.863. The Hall–Kier alpha value is -0.610. The van der Waals surface area contributed by atoms with Gasteiger partial charge in [-0.3, -0.25) is 9.69 Å². The van der Waals surface area contributed by atoms with Crippen molar-refractivity contribution in [1.29, 1.82) is 0 Å². The molecule has 0 aromatic rings. The summed E-state index contributed by atoms with van der Waals surface area (Å²) in [6, 6.07) is -0.526. The molecule has 0 fully saturated rings. The first-order chi connectivity index (χ1) is 6.69. The van der Waals surface area contributed by atoms with Crippen LogP contribution in [0.25, 0.3) is 0 Å². The van der Waals surface area contributed by atoms with Crippen molar-refractivity contribution in [2.24, 2.45) is 5.92 Å². The monoisotopic (exact) mass is 217 g/mol. The summed E-state index contributed by atoms with van der Waals surface area (Å²) >= 11 is 0. The highest BCUT2D eigenvalue weighted by Crippen LogP contribution is 2.14. The second-order valence-electron chi connectivity index (χ2n) is 4.90. The van der Waals surface area contributed by atoms with E-state index < -0.39 is 17.6 Å². The number of carbonyl (C=O) groups is 1. The van der Waals surface area contributed by atoms with Crippen LogP contribution in [-0.4, -0.2) is 45.8 Å². The molecule has 15 heavy (non-hydrogen) atoms. The maximum Gasteiger partial charge on any atom is 0.321 e. The molecule has 0 rings (SSSR count). The minimum absolute atomic E-state index is 0.0322. The Morgan fingerprint density at radius 2 is 1.87 bits per heavy atom. The van der Waals surface area contributed by atoms with Gasteiger partial charge in [0.05, 0.1) is 5.60 Å². The van der Waals surface area contributed by atoms with Crippen LogP contribution in [0, 0.1) is 5.92 Å². The second-order valence-corrected chi connectivity index (χ2v) is 4.90. The number of rotatable bonds is 6. The van der Waals surface area contributed by atoms with Crippen LogP contribution in [0.1, 0.15) is 34.6 Å². The van der Waals surface area contributed by atoms with E-state index in [1.54, 1.807) is 18.7 Å². The van der Waals surface area contributed by atoms with Crippen molar-refractivity contribution in [2.45, 2.75) is 46.3 Å². The molecule has 0 spiro atoms. The number of aliphatic carboxylic acids is 1. The van der Waals surface area contributed by atoms with Crippen LogP contribution in [0.5, 0.6) is 0 Å². The fourth-order valence-corrected chi connectivity index (χ4v) is 1.77. The summed E-state index contributed by atoms with van der Waals surface area (Å²) in [5.74, 6) is -0.791. The van der Waals surface area contributed by atoms with E-state index in [1.165, 1.54) is 0 Å². The van der Waals surface area contributed by atoms with E-state index in [-0.39, 0.29) is 5.92 Å². The van der Waals surface area contributed by atoms with Gasteiger partial charge in [0.2, 0.25) is 0 Å². The molecule has 0 aromatic heterocycles. The van der Waals surface area contributed by atoms with E-state index in [4.69, 9.17) is 5.11 Å². The van der Waals surface area contributed by atoms with Crippen molar-refractivity contribution in [3.05, 3.63) is 0 Å². The Morgan fingerprint density at radius 3 is 2.07 bits per heavy atom.